The van der Waals surface area contributed by atoms with Crippen LogP contribution in [0.2, 0.25) is 0 Å². The van der Waals surface area contributed by atoms with Crippen molar-refractivity contribution in [1.29, 1.82) is 0 Å². The smallest absolute Gasteiger partial charge is 0.225 e. The molecule has 1 amide bonds. The number of halogens is 1. The van der Waals surface area contributed by atoms with Crippen molar-refractivity contribution in [2.45, 2.75) is 53.0 Å². The summed E-state index contributed by atoms with van der Waals surface area (Å²) in [6.45, 7) is 10.7. The Hall–Kier alpha value is -1.06. The van der Waals surface area contributed by atoms with Crippen molar-refractivity contribution in [2.75, 3.05) is 6.54 Å². The third-order valence-corrected chi connectivity index (χ3v) is 4.01. The van der Waals surface area contributed by atoms with Gasteiger partial charge in [-0.3, -0.25) is 4.79 Å². The fraction of sp³-hybridized carbons (Fsp3) is 0.588. The third kappa shape index (κ3) is 5.68. The second-order valence-electron chi connectivity index (χ2n) is 6.38. The normalized spacial score (nSPS) is 12.7. The van der Waals surface area contributed by atoms with E-state index in [1.807, 2.05) is 20.8 Å². The largest absolute Gasteiger partial charge is 0.354 e. The van der Waals surface area contributed by atoms with Crippen LogP contribution in [0.1, 0.15) is 64.1 Å². The Labute approximate surface area is 135 Å². The van der Waals surface area contributed by atoms with Crippen molar-refractivity contribution in [3.05, 3.63) is 35.4 Å². The molecule has 0 fully saturated rings. The summed E-state index contributed by atoms with van der Waals surface area (Å²) in [6, 6.07) is 8.16. The van der Waals surface area contributed by atoms with Gasteiger partial charge in [0.1, 0.15) is 0 Å². The molecule has 1 atom stereocenters. The number of benzene rings is 1. The zero-order valence-electron chi connectivity index (χ0n) is 13.8. The third-order valence-electron chi connectivity index (χ3n) is 4.01. The quantitative estimate of drug-likeness (QED) is 0.839. The number of carbonyl (C=O) groups is 1. The van der Waals surface area contributed by atoms with Gasteiger partial charge in [0.15, 0.2) is 0 Å². The molecule has 1 rings (SSSR count). The Balaban J connectivity index is 0.00000400. The Morgan fingerprint density at radius 3 is 2.10 bits per heavy atom. The van der Waals surface area contributed by atoms with Gasteiger partial charge in [0.05, 0.1) is 0 Å². The van der Waals surface area contributed by atoms with Crippen LogP contribution in [0, 0.1) is 5.41 Å². The summed E-state index contributed by atoms with van der Waals surface area (Å²) in [7, 11) is 0. The zero-order chi connectivity index (χ0) is 15.3. The predicted molar refractivity (Wildman–Crippen MR) is 91.8 cm³/mol. The van der Waals surface area contributed by atoms with Gasteiger partial charge in [0.2, 0.25) is 5.91 Å². The number of hydrogen-bond donors (Lipinski definition) is 2. The summed E-state index contributed by atoms with van der Waals surface area (Å²) >= 11 is 0. The van der Waals surface area contributed by atoms with Crippen molar-refractivity contribution in [3.63, 3.8) is 0 Å². The van der Waals surface area contributed by atoms with Gasteiger partial charge in [-0.25, -0.2) is 0 Å². The monoisotopic (exact) mass is 312 g/mol. The summed E-state index contributed by atoms with van der Waals surface area (Å²) in [5.41, 5.74) is 8.17. The first kappa shape index (κ1) is 19.9. The number of amides is 1. The summed E-state index contributed by atoms with van der Waals surface area (Å²) in [5, 5.41) is 2.95. The first-order valence-corrected chi connectivity index (χ1v) is 7.41. The van der Waals surface area contributed by atoms with E-state index in [0.717, 1.165) is 12.0 Å². The highest BCUT2D eigenvalue weighted by atomic mass is 35.5. The summed E-state index contributed by atoms with van der Waals surface area (Å²) < 4.78 is 0. The highest BCUT2D eigenvalue weighted by molar-refractivity contribution is 5.85. The molecule has 3 N–H and O–H groups in total. The molecule has 0 bridgehead atoms. The molecule has 0 saturated heterocycles. The molecule has 0 radical (unpaired) electrons. The van der Waals surface area contributed by atoms with Crippen molar-refractivity contribution in [1.82, 2.24) is 5.32 Å². The first-order valence-electron chi connectivity index (χ1n) is 7.41. The Morgan fingerprint density at radius 1 is 1.19 bits per heavy atom. The topological polar surface area (TPSA) is 55.1 Å². The fourth-order valence-electron chi connectivity index (χ4n) is 1.85. The average molecular weight is 313 g/mol. The van der Waals surface area contributed by atoms with Crippen LogP contribution >= 0.6 is 12.4 Å². The second kappa shape index (κ2) is 8.40. The molecule has 0 aliphatic carbocycles. The van der Waals surface area contributed by atoms with Crippen LogP contribution < -0.4 is 11.1 Å². The molecule has 1 aromatic rings. The molecule has 0 spiro atoms. The van der Waals surface area contributed by atoms with Crippen LogP contribution in [0.4, 0.5) is 0 Å². The van der Waals surface area contributed by atoms with E-state index >= 15 is 0 Å². The van der Waals surface area contributed by atoms with Gasteiger partial charge in [-0.15, -0.1) is 12.4 Å². The molecule has 0 aliphatic heterocycles. The second-order valence-corrected chi connectivity index (χ2v) is 6.38. The van der Waals surface area contributed by atoms with Crippen LogP contribution in [0.5, 0.6) is 0 Å². The minimum atomic E-state index is -0.332. The minimum Gasteiger partial charge on any atom is -0.354 e. The molecule has 120 valence electrons. The molecular weight excluding hydrogens is 284 g/mol. The highest BCUT2D eigenvalue weighted by Gasteiger charge is 2.25. The van der Waals surface area contributed by atoms with E-state index in [-0.39, 0.29) is 29.8 Å². The first-order chi connectivity index (χ1) is 9.27. The van der Waals surface area contributed by atoms with Crippen molar-refractivity contribution in [3.8, 4) is 0 Å². The molecular formula is C17H29ClN2O. The van der Waals surface area contributed by atoms with E-state index in [1.54, 1.807) is 0 Å². The number of hydrogen-bond acceptors (Lipinski definition) is 2. The van der Waals surface area contributed by atoms with Crippen molar-refractivity contribution >= 4 is 18.3 Å². The summed E-state index contributed by atoms with van der Waals surface area (Å²) in [5.74, 6) is 0.583. The van der Waals surface area contributed by atoms with Gasteiger partial charge in [-0.1, -0.05) is 58.9 Å². The molecule has 0 saturated carbocycles. The molecule has 1 unspecified atom stereocenters. The van der Waals surface area contributed by atoms with Gasteiger partial charge < -0.3 is 11.1 Å². The van der Waals surface area contributed by atoms with E-state index in [4.69, 9.17) is 5.73 Å². The molecule has 21 heavy (non-hydrogen) atoms. The molecule has 1 aromatic carbocycles. The zero-order valence-corrected chi connectivity index (χ0v) is 14.6. The van der Waals surface area contributed by atoms with Crippen LogP contribution in [0.15, 0.2) is 24.3 Å². The van der Waals surface area contributed by atoms with E-state index in [9.17, 15) is 4.79 Å². The van der Waals surface area contributed by atoms with E-state index in [1.165, 1.54) is 5.56 Å². The van der Waals surface area contributed by atoms with Crippen LogP contribution in [-0.4, -0.2) is 12.5 Å². The minimum absolute atomic E-state index is 0. The number of nitrogens with one attached hydrogen (secondary N) is 1. The molecule has 3 nitrogen and oxygen atoms in total. The maximum absolute atomic E-state index is 12.0. The summed E-state index contributed by atoms with van der Waals surface area (Å²) in [4.78, 5) is 12.0. The lowest BCUT2D eigenvalue weighted by molar-refractivity contribution is -0.129. The van der Waals surface area contributed by atoms with Gasteiger partial charge in [0.25, 0.3) is 0 Å². The number of nitrogens with two attached hydrogens (primary N) is 1. The van der Waals surface area contributed by atoms with Gasteiger partial charge in [-0.2, -0.15) is 0 Å². The van der Waals surface area contributed by atoms with E-state index < -0.39 is 0 Å². The molecule has 0 aliphatic rings. The van der Waals surface area contributed by atoms with E-state index in [0.29, 0.717) is 12.5 Å². The maximum Gasteiger partial charge on any atom is 0.225 e. The summed E-state index contributed by atoms with van der Waals surface area (Å²) in [6.07, 6.45) is 0.817. The highest BCUT2D eigenvalue weighted by Crippen LogP contribution is 2.20. The van der Waals surface area contributed by atoms with Crippen LogP contribution in [0.25, 0.3) is 0 Å². The van der Waals surface area contributed by atoms with Crippen LogP contribution in [0.3, 0.4) is 0 Å². The molecule has 0 heterocycles. The lowest BCUT2D eigenvalue weighted by Gasteiger charge is -2.23. The molecule has 4 heteroatoms. The van der Waals surface area contributed by atoms with Crippen molar-refractivity contribution < 1.29 is 4.79 Å². The number of rotatable bonds is 6. The van der Waals surface area contributed by atoms with Gasteiger partial charge in [-0.05, 0) is 23.5 Å². The lowest BCUT2D eigenvalue weighted by Crippen LogP contribution is -2.40. The Bertz CT molecular complexity index is 441. The van der Waals surface area contributed by atoms with Gasteiger partial charge >= 0.3 is 0 Å². The number of carbonyl (C=O) groups excluding carboxylic acids is 1. The van der Waals surface area contributed by atoms with E-state index in [2.05, 4.69) is 43.4 Å². The SMILES string of the molecule is CCC(C)(C)C(=O)NCC(N)c1ccc(C(C)C)cc1.Cl. The maximum atomic E-state index is 12.0. The molecule has 0 aromatic heterocycles. The average Bonchev–Trinajstić information content (AvgIpc) is 2.44. The van der Waals surface area contributed by atoms with Gasteiger partial charge in [0, 0.05) is 18.0 Å². The van der Waals surface area contributed by atoms with Crippen LogP contribution in [-0.2, 0) is 4.79 Å². The predicted octanol–water partition coefficient (Wildman–Crippen LogP) is 3.78. The Morgan fingerprint density at radius 2 is 1.67 bits per heavy atom. The lowest BCUT2D eigenvalue weighted by atomic mass is 9.89. The van der Waals surface area contributed by atoms with Crippen molar-refractivity contribution in [2.24, 2.45) is 11.1 Å². The Kier molecular flexibility index (Phi) is 7.98. The standard InChI is InChI=1S/C17H28N2O.ClH/c1-6-17(4,5)16(20)19-11-15(18)14-9-7-13(8-10-14)12(2)3;/h7-10,12,15H,6,11,18H2,1-5H3,(H,19,20);1H. The fourth-order valence-corrected chi connectivity index (χ4v) is 1.85.